The molecule has 0 bridgehead atoms. The molecule has 0 saturated carbocycles. The summed E-state index contributed by atoms with van der Waals surface area (Å²) in [6.45, 7) is 8.35. The van der Waals surface area contributed by atoms with Crippen LogP contribution < -0.4 is 5.32 Å². The number of halogens is 1. The first-order valence-electron chi connectivity index (χ1n) is 8.20. The molecule has 5 nitrogen and oxygen atoms in total. The third-order valence-corrected chi connectivity index (χ3v) is 4.72. The van der Waals surface area contributed by atoms with Gasteiger partial charge in [0, 0.05) is 35.8 Å². The lowest BCUT2D eigenvalue weighted by Gasteiger charge is -2.36. The molecule has 1 atom stereocenters. The summed E-state index contributed by atoms with van der Waals surface area (Å²) in [6, 6.07) is 9.46. The number of aromatic nitrogens is 2. The van der Waals surface area contributed by atoms with E-state index in [1.807, 2.05) is 35.2 Å². The molecule has 2 N–H and O–H groups in total. The molecule has 2 aromatic rings. The Morgan fingerprint density at radius 1 is 1.33 bits per heavy atom. The smallest absolute Gasteiger partial charge is 0.274 e. The Bertz CT molecular complexity index is 735. The van der Waals surface area contributed by atoms with E-state index in [9.17, 15) is 4.79 Å². The number of hydrogen-bond donors (Lipinski definition) is 2. The van der Waals surface area contributed by atoms with Crippen LogP contribution in [0.2, 0.25) is 5.02 Å². The average molecular weight is 347 g/mol. The van der Waals surface area contributed by atoms with Crippen LogP contribution in [-0.4, -0.2) is 40.6 Å². The van der Waals surface area contributed by atoms with Crippen LogP contribution >= 0.6 is 11.6 Å². The Balaban J connectivity index is 1.89. The van der Waals surface area contributed by atoms with E-state index in [-0.39, 0.29) is 17.4 Å². The molecule has 3 rings (SSSR count). The normalized spacial score (nSPS) is 18.7. The van der Waals surface area contributed by atoms with Gasteiger partial charge in [-0.25, -0.2) is 0 Å². The van der Waals surface area contributed by atoms with E-state index in [2.05, 4.69) is 36.3 Å². The van der Waals surface area contributed by atoms with E-state index in [0.717, 1.165) is 17.8 Å². The van der Waals surface area contributed by atoms with Crippen LogP contribution in [-0.2, 0) is 5.41 Å². The molecule has 24 heavy (non-hydrogen) atoms. The molecule has 1 amide bonds. The first kappa shape index (κ1) is 17.0. The van der Waals surface area contributed by atoms with Gasteiger partial charge in [-0.15, -0.1) is 0 Å². The molecule has 0 radical (unpaired) electrons. The van der Waals surface area contributed by atoms with Crippen molar-refractivity contribution in [2.75, 3.05) is 19.6 Å². The van der Waals surface area contributed by atoms with Crippen molar-refractivity contribution < 1.29 is 4.79 Å². The van der Waals surface area contributed by atoms with Crippen LogP contribution in [0.5, 0.6) is 0 Å². The highest BCUT2D eigenvalue weighted by Crippen LogP contribution is 2.30. The molecule has 1 aromatic carbocycles. The number of nitrogens with one attached hydrogen (secondary N) is 2. The van der Waals surface area contributed by atoms with E-state index in [4.69, 9.17) is 11.6 Å². The molecule has 0 aliphatic carbocycles. The molecule has 2 heterocycles. The number of H-pyrrole nitrogens is 1. The summed E-state index contributed by atoms with van der Waals surface area (Å²) < 4.78 is 0. The zero-order valence-electron chi connectivity index (χ0n) is 14.3. The summed E-state index contributed by atoms with van der Waals surface area (Å²) in [5, 5.41) is 11.3. The van der Waals surface area contributed by atoms with E-state index in [1.165, 1.54) is 0 Å². The molecule has 1 aromatic heterocycles. The number of amides is 1. The Hall–Kier alpha value is -1.85. The van der Waals surface area contributed by atoms with E-state index in [1.54, 1.807) is 0 Å². The summed E-state index contributed by atoms with van der Waals surface area (Å²) in [5.74, 6) is -0.0619. The average Bonchev–Trinajstić information content (AvgIpc) is 3.05. The van der Waals surface area contributed by atoms with Crippen LogP contribution in [0.4, 0.5) is 0 Å². The number of carbonyl (C=O) groups is 1. The minimum absolute atomic E-state index is 0.0619. The van der Waals surface area contributed by atoms with Crippen LogP contribution in [0, 0.1) is 0 Å². The van der Waals surface area contributed by atoms with Crippen molar-refractivity contribution in [1.82, 2.24) is 20.4 Å². The fraction of sp³-hybridized carbons (Fsp3) is 0.444. The van der Waals surface area contributed by atoms with E-state index in [0.29, 0.717) is 23.8 Å². The SMILES string of the molecule is CC(C)(C)c1cc(C(=O)N2CCNCC2c2ccccc2Cl)n[nH]1. The molecular formula is C18H23ClN4O. The fourth-order valence-corrected chi connectivity index (χ4v) is 3.19. The van der Waals surface area contributed by atoms with Gasteiger partial charge in [0.05, 0.1) is 6.04 Å². The maximum absolute atomic E-state index is 13.0. The highest BCUT2D eigenvalue weighted by Gasteiger charge is 2.31. The molecule has 1 saturated heterocycles. The first-order chi connectivity index (χ1) is 11.4. The van der Waals surface area contributed by atoms with Crippen LogP contribution in [0.25, 0.3) is 0 Å². The van der Waals surface area contributed by atoms with Gasteiger partial charge < -0.3 is 10.2 Å². The predicted molar refractivity (Wildman–Crippen MR) is 95.4 cm³/mol. The number of carbonyl (C=O) groups excluding carboxylic acids is 1. The van der Waals surface area contributed by atoms with Crippen molar-refractivity contribution in [2.45, 2.75) is 32.2 Å². The second-order valence-electron chi connectivity index (χ2n) is 7.16. The lowest BCUT2D eigenvalue weighted by atomic mass is 9.92. The maximum Gasteiger partial charge on any atom is 0.274 e. The van der Waals surface area contributed by atoms with Crippen molar-refractivity contribution in [3.05, 3.63) is 52.3 Å². The molecule has 128 valence electrons. The van der Waals surface area contributed by atoms with Crippen molar-refractivity contribution in [2.24, 2.45) is 0 Å². The Labute approximate surface area is 147 Å². The third kappa shape index (κ3) is 3.32. The van der Waals surface area contributed by atoms with Crippen molar-refractivity contribution >= 4 is 17.5 Å². The number of piperazine rings is 1. The van der Waals surface area contributed by atoms with Crippen molar-refractivity contribution in [1.29, 1.82) is 0 Å². The first-order valence-corrected chi connectivity index (χ1v) is 8.58. The molecule has 0 spiro atoms. The minimum Gasteiger partial charge on any atom is -0.328 e. The minimum atomic E-state index is -0.0882. The number of aromatic amines is 1. The third-order valence-electron chi connectivity index (χ3n) is 4.37. The zero-order valence-corrected chi connectivity index (χ0v) is 15.0. The second-order valence-corrected chi connectivity index (χ2v) is 7.56. The lowest BCUT2D eigenvalue weighted by Crippen LogP contribution is -2.48. The van der Waals surface area contributed by atoms with Gasteiger partial charge in [-0.3, -0.25) is 9.89 Å². The Kier molecular flexibility index (Phi) is 4.65. The molecule has 6 heteroatoms. The predicted octanol–water partition coefficient (Wildman–Crippen LogP) is 3.15. The van der Waals surface area contributed by atoms with Gasteiger partial charge in [-0.2, -0.15) is 5.10 Å². The van der Waals surface area contributed by atoms with Crippen LogP contribution in [0.1, 0.15) is 48.6 Å². The summed E-state index contributed by atoms with van der Waals surface area (Å²) >= 11 is 6.35. The fourth-order valence-electron chi connectivity index (χ4n) is 2.93. The van der Waals surface area contributed by atoms with E-state index >= 15 is 0 Å². The molecule has 1 fully saturated rings. The molecule has 1 aliphatic rings. The van der Waals surface area contributed by atoms with Crippen LogP contribution in [0.3, 0.4) is 0 Å². The largest absolute Gasteiger partial charge is 0.328 e. The summed E-state index contributed by atoms with van der Waals surface area (Å²) in [5.41, 5.74) is 2.30. The van der Waals surface area contributed by atoms with Gasteiger partial charge in [-0.1, -0.05) is 50.6 Å². The van der Waals surface area contributed by atoms with Crippen molar-refractivity contribution in [3.63, 3.8) is 0 Å². The molecule has 1 aliphatic heterocycles. The second kappa shape index (κ2) is 6.57. The topological polar surface area (TPSA) is 61.0 Å². The summed E-state index contributed by atoms with van der Waals surface area (Å²) in [7, 11) is 0. The number of rotatable bonds is 2. The maximum atomic E-state index is 13.0. The monoisotopic (exact) mass is 346 g/mol. The van der Waals surface area contributed by atoms with Crippen molar-refractivity contribution in [3.8, 4) is 0 Å². The van der Waals surface area contributed by atoms with Gasteiger partial charge in [0.2, 0.25) is 0 Å². The Morgan fingerprint density at radius 3 is 2.75 bits per heavy atom. The zero-order chi connectivity index (χ0) is 17.3. The highest BCUT2D eigenvalue weighted by atomic mass is 35.5. The number of benzene rings is 1. The number of nitrogens with zero attached hydrogens (tertiary/aromatic N) is 2. The quantitative estimate of drug-likeness (QED) is 0.878. The molecule has 1 unspecified atom stereocenters. The van der Waals surface area contributed by atoms with Gasteiger partial charge in [0.1, 0.15) is 5.69 Å². The van der Waals surface area contributed by atoms with E-state index < -0.39 is 0 Å². The van der Waals surface area contributed by atoms with Gasteiger partial charge in [0.25, 0.3) is 5.91 Å². The van der Waals surface area contributed by atoms with Crippen LogP contribution in [0.15, 0.2) is 30.3 Å². The standard InChI is InChI=1S/C18H23ClN4O/c1-18(2,3)16-10-14(21-22-16)17(24)23-9-8-20-11-15(23)12-6-4-5-7-13(12)19/h4-7,10,15,20H,8-9,11H2,1-3H3,(H,21,22). The number of hydrogen-bond acceptors (Lipinski definition) is 3. The molecular weight excluding hydrogens is 324 g/mol. The Morgan fingerprint density at radius 2 is 2.08 bits per heavy atom. The highest BCUT2D eigenvalue weighted by molar-refractivity contribution is 6.31. The lowest BCUT2D eigenvalue weighted by molar-refractivity contribution is 0.0628. The van der Waals surface area contributed by atoms with Gasteiger partial charge in [0.15, 0.2) is 0 Å². The summed E-state index contributed by atoms with van der Waals surface area (Å²) in [4.78, 5) is 14.9. The van der Waals surface area contributed by atoms with Gasteiger partial charge in [-0.05, 0) is 17.7 Å². The summed E-state index contributed by atoms with van der Waals surface area (Å²) in [6.07, 6.45) is 0. The van der Waals surface area contributed by atoms with Gasteiger partial charge >= 0.3 is 0 Å².